The van der Waals surface area contributed by atoms with Crippen LogP contribution >= 0.6 is 0 Å². The fourth-order valence-corrected chi connectivity index (χ4v) is 1.49. The molecule has 0 amide bonds. The number of hydrogen-bond acceptors (Lipinski definition) is 1. The molecule has 1 aromatic carbocycles. The van der Waals surface area contributed by atoms with Gasteiger partial charge in [0.2, 0.25) is 0 Å². The van der Waals surface area contributed by atoms with E-state index in [0.717, 1.165) is 12.1 Å². The van der Waals surface area contributed by atoms with Gasteiger partial charge in [-0.15, -0.1) is 0 Å². The summed E-state index contributed by atoms with van der Waals surface area (Å²) < 4.78 is 80.2. The second-order valence-electron chi connectivity index (χ2n) is 4.71. The summed E-state index contributed by atoms with van der Waals surface area (Å²) in [4.78, 5) is 0. The number of rotatable bonds is 3. The molecule has 0 bridgehead atoms. The lowest BCUT2D eigenvalue weighted by atomic mass is 10.00. The highest BCUT2D eigenvalue weighted by Gasteiger charge is 2.41. The highest BCUT2D eigenvalue weighted by atomic mass is 19.4. The lowest BCUT2D eigenvalue weighted by Crippen LogP contribution is -2.31. The molecule has 0 aliphatic rings. The van der Waals surface area contributed by atoms with Crippen molar-refractivity contribution in [3.8, 4) is 5.75 Å². The van der Waals surface area contributed by atoms with Crippen molar-refractivity contribution >= 4 is 0 Å². The molecule has 20 heavy (non-hydrogen) atoms. The van der Waals surface area contributed by atoms with E-state index in [2.05, 4.69) is 4.74 Å². The van der Waals surface area contributed by atoms with Crippen LogP contribution in [0.2, 0.25) is 0 Å². The molecule has 0 heterocycles. The number of ether oxygens (including phenoxy) is 1. The second kappa shape index (κ2) is 5.54. The molecule has 1 aromatic rings. The van der Waals surface area contributed by atoms with Gasteiger partial charge in [-0.3, -0.25) is 0 Å². The average molecular weight is 300 g/mol. The Morgan fingerprint density at radius 3 is 1.90 bits per heavy atom. The van der Waals surface area contributed by atoms with Gasteiger partial charge >= 0.3 is 12.4 Å². The van der Waals surface area contributed by atoms with Crippen LogP contribution in [-0.2, 0) is 6.18 Å². The molecule has 1 nitrogen and oxygen atoms in total. The fourth-order valence-electron chi connectivity index (χ4n) is 1.49. The van der Waals surface area contributed by atoms with E-state index in [1.165, 1.54) is 6.07 Å². The number of halogens is 6. The first-order valence-electron chi connectivity index (χ1n) is 5.87. The van der Waals surface area contributed by atoms with E-state index in [1.807, 2.05) is 0 Å². The summed E-state index contributed by atoms with van der Waals surface area (Å²) in [6, 6.07) is 3.09. The highest BCUT2D eigenvalue weighted by molar-refractivity contribution is 5.40. The van der Waals surface area contributed by atoms with Crippen LogP contribution in [0.4, 0.5) is 26.3 Å². The molecule has 114 valence electrons. The van der Waals surface area contributed by atoms with Gasteiger partial charge in [0.1, 0.15) is 5.75 Å². The smallest absolute Gasteiger partial charge is 0.425 e. The maximum atomic E-state index is 12.9. The Morgan fingerprint density at radius 1 is 0.950 bits per heavy atom. The largest absolute Gasteiger partial charge is 0.481 e. The maximum absolute atomic E-state index is 12.9. The minimum absolute atomic E-state index is 0.176. The summed E-state index contributed by atoms with van der Waals surface area (Å²) >= 11 is 0. The molecule has 0 radical (unpaired) electrons. The highest BCUT2D eigenvalue weighted by Crippen LogP contribution is 2.39. The Hall–Kier alpha value is -1.40. The molecule has 1 rings (SSSR count). The minimum atomic E-state index is -4.77. The lowest BCUT2D eigenvalue weighted by molar-refractivity contribution is -0.191. The van der Waals surface area contributed by atoms with E-state index in [9.17, 15) is 26.3 Å². The third kappa shape index (κ3) is 4.05. The van der Waals surface area contributed by atoms with Gasteiger partial charge in [-0.1, -0.05) is 19.9 Å². The van der Waals surface area contributed by atoms with Gasteiger partial charge in [0.05, 0.1) is 5.56 Å². The Morgan fingerprint density at radius 2 is 1.50 bits per heavy atom. The van der Waals surface area contributed by atoms with Crippen molar-refractivity contribution in [1.29, 1.82) is 0 Å². The quantitative estimate of drug-likeness (QED) is 0.701. The van der Waals surface area contributed by atoms with Crippen LogP contribution in [0.1, 0.15) is 37.8 Å². The third-order valence-corrected chi connectivity index (χ3v) is 2.74. The summed E-state index contributed by atoms with van der Waals surface area (Å²) in [5.41, 5.74) is -0.816. The third-order valence-electron chi connectivity index (χ3n) is 2.74. The summed E-state index contributed by atoms with van der Waals surface area (Å²) in [5, 5.41) is 0. The van der Waals surface area contributed by atoms with Crippen LogP contribution in [0, 0.1) is 0 Å². The van der Waals surface area contributed by atoms with E-state index in [4.69, 9.17) is 0 Å². The van der Waals surface area contributed by atoms with Crippen LogP contribution in [0.3, 0.4) is 0 Å². The second-order valence-corrected chi connectivity index (χ2v) is 4.71. The van der Waals surface area contributed by atoms with Crippen molar-refractivity contribution in [1.82, 2.24) is 0 Å². The number of benzene rings is 1. The van der Waals surface area contributed by atoms with E-state index in [0.29, 0.717) is 12.5 Å². The molecule has 0 N–H and O–H groups in total. The Labute approximate surface area is 112 Å². The first-order valence-corrected chi connectivity index (χ1v) is 5.87. The van der Waals surface area contributed by atoms with E-state index < -0.39 is 29.8 Å². The normalized spacial score (nSPS) is 14.5. The van der Waals surface area contributed by atoms with Gasteiger partial charge in [0, 0.05) is 0 Å². The lowest BCUT2D eigenvalue weighted by Gasteiger charge is -2.21. The summed E-state index contributed by atoms with van der Waals surface area (Å²) in [6.45, 7) is 4.04. The Balaban J connectivity index is 3.20. The van der Waals surface area contributed by atoms with Crippen molar-refractivity contribution < 1.29 is 31.1 Å². The molecule has 0 aromatic heterocycles. The molecule has 1 atom stereocenters. The summed E-state index contributed by atoms with van der Waals surface area (Å²) in [6.07, 6.45) is -11.8. The molecule has 0 aliphatic carbocycles. The van der Waals surface area contributed by atoms with Gasteiger partial charge in [0.25, 0.3) is 0 Å². The molecule has 0 fully saturated rings. The topological polar surface area (TPSA) is 9.23 Å². The number of hydrogen-bond donors (Lipinski definition) is 0. The minimum Gasteiger partial charge on any atom is -0.481 e. The Bertz CT molecular complexity index is 461. The predicted molar refractivity (Wildman–Crippen MR) is 61.7 cm³/mol. The van der Waals surface area contributed by atoms with Crippen LogP contribution in [-0.4, -0.2) is 12.3 Å². The van der Waals surface area contributed by atoms with Crippen LogP contribution in [0.25, 0.3) is 0 Å². The summed E-state index contributed by atoms with van der Waals surface area (Å²) in [5.74, 6) is -0.989. The zero-order valence-corrected chi connectivity index (χ0v) is 11.1. The van der Waals surface area contributed by atoms with E-state index >= 15 is 0 Å². The fraction of sp³-hybridized carbons (Fsp3) is 0.538. The molecule has 0 spiro atoms. The molecule has 7 heteroatoms. The van der Waals surface area contributed by atoms with Crippen molar-refractivity contribution in [2.45, 2.75) is 45.1 Å². The van der Waals surface area contributed by atoms with Crippen LogP contribution in [0.5, 0.6) is 5.75 Å². The maximum Gasteiger partial charge on any atom is 0.425 e. The van der Waals surface area contributed by atoms with Crippen molar-refractivity contribution in [2.24, 2.45) is 0 Å². The van der Waals surface area contributed by atoms with Gasteiger partial charge in [-0.25, -0.2) is 0 Å². The van der Waals surface area contributed by atoms with Gasteiger partial charge < -0.3 is 4.74 Å². The van der Waals surface area contributed by atoms with Crippen molar-refractivity contribution in [3.63, 3.8) is 0 Å². The first kappa shape index (κ1) is 16.7. The number of alkyl halides is 6. The zero-order valence-electron chi connectivity index (χ0n) is 11.1. The first-order chi connectivity index (χ1) is 8.93. The van der Waals surface area contributed by atoms with E-state index in [1.54, 1.807) is 13.8 Å². The zero-order chi connectivity index (χ0) is 15.7. The van der Waals surface area contributed by atoms with Gasteiger partial charge in [-0.05, 0) is 30.5 Å². The molecule has 0 saturated heterocycles. The van der Waals surface area contributed by atoms with Gasteiger partial charge in [-0.2, -0.15) is 26.3 Å². The average Bonchev–Trinajstić information content (AvgIpc) is 2.26. The molecule has 0 aliphatic heterocycles. The SMILES string of the molecule is CC(C)c1ccc(O[C@@H](C)C(F)(F)F)c(C(F)(F)F)c1. The monoisotopic (exact) mass is 300 g/mol. The van der Waals surface area contributed by atoms with Crippen LogP contribution < -0.4 is 4.74 Å². The standard InChI is InChI=1S/C13H14F6O/c1-7(2)9-4-5-11(10(6-9)13(17,18)19)20-8(3)12(14,15)16/h4-8H,1-3H3/t8-/m0/s1. The molecule has 0 saturated carbocycles. The molecular formula is C13H14F6O. The van der Waals surface area contributed by atoms with Crippen molar-refractivity contribution in [3.05, 3.63) is 29.3 Å². The predicted octanol–water partition coefficient (Wildman–Crippen LogP) is 5.16. The molecular weight excluding hydrogens is 286 g/mol. The Kier molecular flexibility index (Phi) is 4.61. The summed E-state index contributed by atoms with van der Waals surface area (Å²) in [7, 11) is 0. The van der Waals surface area contributed by atoms with Crippen molar-refractivity contribution in [2.75, 3.05) is 0 Å². The van der Waals surface area contributed by atoms with Gasteiger partial charge in [0.15, 0.2) is 6.10 Å². The van der Waals surface area contributed by atoms with Crippen LogP contribution in [0.15, 0.2) is 18.2 Å². The van der Waals surface area contributed by atoms with E-state index in [-0.39, 0.29) is 5.92 Å². The molecule has 0 unspecified atom stereocenters.